The molecule has 5 rings (SSSR count). The summed E-state index contributed by atoms with van der Waals surface area (Å²) in [4.78, 5) is 37.3. The summed E-state index contributed by atoms with van der Waals surface area (Å²) < 4.78 is 86.1. The number of unbranched alkanes of at least 4 members (excludes halogenated alkanes) is 5. The number of aliphatic hydroxyl groups is 9. The van der Waals surface area contributed by atoms with Crippen LogP contribution in [0.2, 0.25) is 0 Å². The van der Waals surface area contributed by atoms with Crippen molar-refractivity contribution in [1.29, 1.82) is 0 Å². The first-order valence-electron chi connectivity index (χ1n) is 25.6. The van der Waals surface area contributed by atoms with Gasteiger partial charge in [0.05, 0.1) is 39.1 Å². The molecule has 1 aromatic rings. The number of benzene rings is 1. The maximum Gasteiger partial charge on any atom is 0.217 e. The van der Waals surface area contributed by atoms with Crippen LogP contribution in [0.3, 0.4) is 0 Å². The van der Waals surface area contributed by atoms with Gasteiger partial charge in [0.1, 0.15) is 97.1 Å². The number of hydrogen-bond acceptors (Lipinski definition) is 25. The van der Waals surface area contributed by atoms with Gasteiger partial charge in [0, 0.05) is 27.3 Å². The number of hydrogen-bond donors (Lipinski definition) is 13. The van der Waals surface area contributed by atoms with E-state index in [1.54, 1.807) is 24.3 Å². The van der Waals surface area contributed by atoms with Crippen LogP contribution < -0.4 is 26.0 Å². The fourth-order valence-electron chi connectivity index (χ4n) is 9.43. The Morgan fingerprint density at radius 1 is 0.623 bits per heavy atom. The Balaban J connectivity index is 1.32. The van der Waals surface area contributed by atoms with Crippen molar-refractivity contribution in [2.24, 2.45) is 0 Å². The lowest BCUT2D eigenvalue weighted by Gasteiger charge is -2.51. The molecule has 77 heavy (non-hydrogen) atoms. The summed E-state index contributed by atoms with van der Waals surface area (Å²) in [6.45, 7) is 1.95. The lowest BCUT2D eigenvalue weighted by Crippen LogP contribution is -2.71. The van der Waals surface area contributed by atoms with Gasteiger partial charge < -0.3 is 110 Å². The van der Waals surface area contributed by atoms with Gasteiger partial charge in [0.2, 0.25) is 28.1 Å². The summed E-state index contributed by atoms with van der Waals surface area (Å²) >= 11 is 0. The largest absolute Gasteiger partial charge is 0.726 e. The number of carbonyl (C=O) groups excluding carboxylic acids is 3. The first-order chi connectivity index (χ1) is 36.6. The monoisotopic (exact) mass is 1130 g/mol. The summed E-state index contributed by atoms with van der Waals surface area (Å²) in [5.74, 6) is -1.77. The number of allylic oxidation sites excluding steroid dienone is 2. The summed E-state index contributed by atoms with van der Waals surface area (Å²) in [6, 6.07) is 0.797. The zero-order chi connectivity index (χ0) is 56.6. The van der Waals surface area contributed by atoms with E-state index < -0.39 is 177 Å². The fourth-order valence-corrected chi connectivity index (χ4v) is 9.73. The lowest BCUT2D eigenvalue weighted by molar-refractivity contribution is -0.362. The molecule has 0 aliphatic carbocycles. The van der Waals surface area contributed by atoms with Gasteiger partial charge in [-0.1, -0.05) is 50.5 Å². The minimum absolute atomic E-state index is 0.0523. The molecule has 8 unspecified atom stereocenters. The first kappa shape index (κ1) is 64.2. The summed E-state index contributed by atoms with van der Waals surface area (Å²) in [7, 11) is -5.40. The van der Waals surface area contributed by atoms with Crippen molar-refractivity contribution in [3.8, 4) is 5.75 Å². The fraction of sp³-hybridized carbons (Fsp3) is 0.771. The molecule has 0 radical (unpaired) electrons. The van der Waals surface area contributed by atoms with Crippen LogP contribution in [0, 0.1) is 0 Å². The van der Waals surface area contributed by atoms with E-state index in [1.165, 1.54) is 19.3 Å². The number of ether oxygens (including phenoxy) is 8. The van der Waals surface area contributed by atoms with E-state index in [-0.39, 0.29) is 6.54 Å². The van der Waals surface area contributed by atoms with Crippen molar-refractivity contribution in [1.82, 2.24) is 21.3 Å². The van der Waals surface area contributed by atoms with E-state index in [1.807, 2.05) is 0 Å². The van der Waals surface area contributed by atoms with Gasteiger partial charge in [-0.05, 0) is 43.4 Å². The standard InChI is InChI=1S/C48H78N4O24S/c1-5-6-7-8-9-10-11-12-13-17-68-28-16-14-15-27(18-28)19-49-34-38(60)37(59)29(20-53)71-46(34)74-42-30(21-54)72-47(35(40(42)62)51-25(3)57)75-43-31(22-55)73-48(36(41(43)63)52-26(4)58)76-44-32(23-69-77(65,66)67)70-45(64)33(39(44)61)50-24(2)56/h10-11,14-16,18,29-49,53-55,59-64H,5-9,12-13,17,19-23H2,1-4H3,(H,50,56)(H,51,57)(H,52,58)(H,65,66,67)/p-1/b11-10-/t29?,30-,31?,32-,33?,34?,35?,36?,37+,38+,39?,40?,41+,42+,43+,44+,45+,46-,47-,48-/m0/s1. The van der Waals surface area contributed by atoms with E-state index in [2.05, 4.69) is 44.5 Å². The van der Waals surface area contributed by atoms with Gasteiger partial charge >= 0.3 is 0 Å². The molecule has 4 fully saturated rings. The van der Waals surface area contributed by atoms with E-state index in [9.17, 15) is 73.3 Å². The van der Waals surface area contributed by atoms with Crippen LogP contribution in [0.4, 0.5) is 0 Å². The van der Waals surface area contributed by atoms with Crippen LogP contribution in [0.25, 0.3) is 0 Å². The zero-order valence-corrected chi connectivity index (χ0v) is 44.1. The first-order valence-corrected chi connectivity index (χ1v) is 26.9. The lowest BCUT2D eigenvalue weighted by atomic mass is 9.93. The molecule has 29 heteroatoms. The molecule has 1 aromatic carbocycles. The molecular weight excluding hydrogens is 1050 g/mol. The topological polar surface area (TPSA) is 422 Å². The summed E-state index contributed by atoms with van der Waals surface area (Å²) in [5.41, 5.74) is 0.691. The van der Waals surface area contributed by atoms with Gasteiger partial charge in [0.15, 0.2) is 25.2 Å². The average Bonchev–Trinajstić information content (AvgIpc) is 3.37. The zero-order valence-electron chi connectivity index (χ0n) is 43.3. The van der Waals surface area contributed by atoms with E-state index in [0.29, 0.717) is 17.9 Å². The van der Waals surface area contributed by atoms with Crippen LogP contribution in [0.1, 0.15) is 78.2 Å². The van der Waals surface area contributed by atoms with Crippen LogP contribution in [-0.4, -0.2) is 232 Å². The Morgan fingerprint density at radius 2 is 1.12 bits per heavy atom. The molecule has 20 atom stereocenters. The molecule has 4 saturated heterocycles. The highest BCUT2D eigenvalue weighted by atomic mass is 32.3. The van der Waals surface area contributed by atoms with Crippen molar-refractivity contribution in [3.05, 3.63) is 42.0 Å². The summed E-state index contributed by atoms with van der Waals surface area (Å²) in [6.07, 6.45) is -16.6. The third-order valence-electron chi connectivity index (χ3n) is 13.3. The number of aliphatic hydroxyl groups excluding tert-OH is 9. The van der Waals surface area contributed by atoms with E-state index in [0.717, 1.165) is 46.5 Å². The van der Waals surface area contributed by atoms with Crippen LogP contribution in [0.5, 0.6) is 5.75 Å². The molecule has 28 nitrogen and oxygen atoms in total. The quantitative estimate of drug-likeness (QED) is 0.0163. The minimum Gasteiger partial charge on any atom is -0.726 e. The molecule has 0 spiro atoms. The minimum atomic E-state index is -5.40. The predicted molar refractivity (Wildman–Crippen MR) is 261 cm³/mol. The Bertz CT molecular complexity index is 2130. The second kappa shape index (κ2) is 30.8. The maximum absolute atomic E-state index is 12.7. The van der Waals surface area contributed by atoms with Crippen LogP contribution >= 0.6 is 0 Å². The van der Waals surface area contributed by atoms with Crippen molar-refractivity contribution < 1.29 is 115 Å². The SMILES string of the molecule is CCCCCC/C=C\CCCOc1cccc(CNC2[C@H](O[C@H]3C(O)C(NC(C)=O)[C@H](O[C@@H]4C(CO)O[C@@H](O[C@H]5C(O)C(NC(C)=O)[C@H](O)O[C@H]5COS(=O)(=O)[O-])C(NC(C)=O)[C@H]4O)O[C@H]3CO)OC(CO)[C@@H](O)[C@@H]2O)c1. The molecule has 4 aliphatic heterocycles. The average molecular weight is 1130 g/mol. The van der Waals surface area contributed by atoms with Gasteiger partial charge in [-0.2, -0.15) is 0 Å². The van der Waals surface area contributed by atoms with Crippen molar-refractivity contribution in [3.63, 3.8) is 0 Å². The molecule has 440 valence electrons. The van der Waals surface area contributed by atoms with Gasteiger partial charge in [-0.25, -0.2) is 8.42 Å². The number of rotatable bonds is 28. The van der Waals surface area contributed by atoms with Crippen LogP contribution in [-0.2, 0) is 68.7 Å². The molecule has 4 heterocycles. The molecule has 0 aromatic heterocycles. The van der Waals surface area contributed by atoms with Crippen molar-refractivity contribution >= 4 is 28.1 Å². The van der Waals surface area contributed by atoms with Crippen LogP contribution in [0.15, 0.2) is 36.4 Å². The third kappa shape index (κ3) is 18.4. The Kier molecular flexibility index (Phi) is 25.7. The highest BCUT2D eigenvalue weighted by Crippen LogP contribution is 2.35. The van der Waals surface area contributed by atoms with E-state index >= 15 is 0 Å². The second-order valence-corrected chi connectivity index (χ2v) is 20.3. The van der Waals surface area contributed by atoms with Gasteiger partial charge in [-0.15, -0.1) is 0 Å². The van der Waals surface area contributed by atoms with Crippen molar-refractivity contribution in [2.75, 3.05) is 33.0 Å². The summed E-state index contributed by atoms with van der Waals surface area (Å²) in [5, 5.41) is 110. The molecule has 0 bridgehead atoms. The smallest absolute Gasteiger partial charge is 0.217 e. The molecular formula is C48H77N4O24S-. The van der Waals surface area contributed by atoms with Gasteiger partial charge in [-0.3, -0.25) is 18.6 Å². The molecule has 0 saturated carbocycles. The Morgan fingerprint density at radius 3 is 1.64 bits per heavy atom. The molecule has 13 N–H and O–H groups in total. The van der Waals surface area contributed by atoms with Crippen molar-refractivity contribution in [2.45, 2.75) is 202 Å². The maximum atomic E-state index is 12.7. The predicted octanol–water partition coefficient (Wildman–Crippen LogP) is -4.35. The molecule has 4 aliphatic rings. The van der Waals surface area contributed by atoms with E-state index in [4.69, 9.17) is 37.9 Å². The number of carbonyl (C=O) groups is 3. The third-order valence-corrected chi connectivity index (χ3v) is 13.7. The normalized spacial score (nSPS) is 35.8. The number of nitrogens with one attached hydrogen (secondary N) is 4. The second-order valence-electron chi connectivity index (χ2n) is 19.2. The highest BCUT2D eigenvalue weighted by molar-refractivity contribution is 7.80. The number of amides is 3. The highest BCUT2D eigenvalue weighted by Gasteiger charge is 2.56. The van der Waals surface area contributed by atoms with Gasteiger partial charge in [0.25, 0.3) is 0 Å². The Hall–Kier alpha value is -3.64. The molecule has 3 amide bonds. The Labute approximate surface area is 446 Å².